The zero-order valence-corrected chi connectivity index (χ0v) is 6.30. The fourth-order valence-corrected chi connectivity index (χ4v) is 1.58. The van der Waals surface area contributed by atoms with Crippen LogP contribution in [0.4, 0.5) is 8.78 Å². The molecule has 0 bridgehead atoms. The van der Waals surface area contributed by atoms with Gasteiger partial charge in [0.1, 0.15) is 0 Å². The number of nitrogens with two attached hydrogens (primary N) is 1. The molecule has 11 heavy (non-hydrogen) atoms. The first-order chi connectivity index (χ1) is 5.24. The molecule has 0 aliphatic heterocycles. The molecule has 1 saturated carbocycles. The molecule has 1 rings (SSSR count). The third-order valence-corrected chi connectivity index (χ3v) is 2.17. The van der Waals surface area contributed by atoms with Gasteiger partial charge >= 0.3 is 6.61 Å². The van der Waals surface area contributed by atoms with Crippen molar-refractivity contribution in [2.75, 3.05) is 6.54 Å². The van der Waals surface area contributed by atoms with Crippen molar-refractivity contribution in [3.05, 3.63) is 0 Å². The van der Waals surface area contributed by atoms with Crippen LogP contribution in [0.5, 0.6) is 0 Å². The molecule has 2 nitrogen and oxygen atoms in total. The van der Waals surface area contributed by atoms with Crippen LogP contribution in [-0.2, 0) is 4.74 Å². The van der Waals surface area contributed by atoms with Crippen LogP contribution in [0.3, 0.4) is 0 Å². The van der Waals surface area contributed by atoms with Crippen molar-refractivity contribution >= 4 is 0 Å². The molecule has 0 saturated heterocycles. The summed E-state index contributed by atoms with van der Waals surface area (Å²) in [6.07, 6.45) is 2.30. The maximum atomic E-state index is 11.7. The van der Waals surface area contributed by atoms with Crippen LogP contribution in [0.1, 0.15) is 19.3 Å². The van der Waals surface area contributed by atoms with Gasteiger partial charge in [0.2, 0.25) is 0 Å². The number of hydrogen-bond acceptors (Lipinski definition) is 2. The van der Waals surface area contributed by atoms with Crippen LogP contribution in [-0.4, -0.2) is 19.3 Å². The molecule has 0 aromatic heterocycles. The van der Waals surface area contributed by atoms with Crippen molar-refractivity contribution in [2.45, 2.75) is 32.0 Å². The van der Waals surface area contributed by atoms with E-state index in [1.165, 1.54) is 0 Å². The molecular formula is C7H13F2NO. The van der Waals surface area contributed by atoms with E-state index in [0.717, 1.165) is 19.3 Å². The Bertz CT molecular complexity index is 121. The van der Waals surface area contributed by atoms with Crippen molar-refractivity contribution in [1.82, 2.24) is 0 Å². The van der Waals surface area contributed by atoms with Crippen LogP contribution in [0.25, 0.3) is 0 Å². The Balaban J connectivity index is 2.31. The number of rotatable bonds is 3. The van der Waals surface area contributed by atoms with Gasteiger partial charge in [0.15, 0.2) is 0 Å². The smallest absolute Gasteiger partial charge is 0.330 e. The van der Waals surface area contributed by atoms with Gasteiger partial charge in [0.25, 0.3) is 0 Å². The minimum Gasteiger partial charge on any atom is -0.330 e. The molecule has 2 N–H and O–H groups in total. The molecule has 0 amide bonds. The molecule has 0 radical (unpaired) electrons. The van der Waals surface area contributed by atoms with Crippen LogP contribution < -0.4 is 5.73 Å². The molecule has 66 valence electrons. The first-order valence-corrected chi connectivity index (χ1v) is 3.87. The third kappa shape index (κ3) is 2.38. The van der Waals surface area contributed by atoms with Gasteiger partial charge in [-0.2, -0.15) is 8.78 Å². The summed E-state index contributed by atoms with van der Waals surface area (Å²) < 4.78 is 27.9. The van der Waals surface area contributed by atoms with Crippen LogP contribution >= 0.6 is 0 Å². The highest BCUT2D eigenvalue weighted by Crippen LogP contribution is 2.28. The normalized spacial score (nSPS) is 31.6. The monoisotopic (exact) mass is 165 g/mol. The topological polar surface area (TPSA) is 35.2 Å². The van der Waals surface area contributed by atoms with E-state index in [4.69, 9.17) is 5.73 Å². The van der Waals surface area contributed by atoms with Crippen molar-refractivity contribution in [3.63, 3.8) is 0 Å². The van der Waals surface area contributed by atoms with E-state index in [1.54, 1.807) is 0 Å². The fourth-order valence-electron chi connectivity index (χ4n) is 1.58. The van der Waals surface area contributed by atoms with Crippen LogP contribution in [0.15, 0.2) is 0 Å². The summed E-state index contributed by atoms with van der Waals surface area (Å²) in [5.74, 6) is 0.143. The molecule has 4 heteroatoms. The first kappa shape index (κ1) is 8.87. The zero-order valence-electron chi connectivity index (χ0n) is 6.30. The van der Waals surface area contributed by atoms with Crippen molar-refractivity contribution < 1.29 is 13.5 Å². The average molecular weight is 165 g/mol. The summed E-state index contributed by atoms with van der Waals surface area (Å²) in [7, 11) is 0. The molecule has 1 fully saturated rings. The molecule has 1 aliphatic carbocycles. The van der Waals surface area contributed by atoms with Gasteiger partial charge < -0.3 is 10.5 Å². The Morgan fingerprint density at radius 2 is 2.18 bits per heavy atom. The van der Waals surface area contributed by atoms with E-state index in [-0.39, 0.29) is 12.0 Å². The van der Waals surface area contributed by atoms with Gasteiger partial charge in [-0.05, 0) is 25.3 Å². The second kappa shape index (κ2) is 3.97. The van der Waals surface area contributed by atoms with E-state index in [0.29, 0.717) is 6.54 Å². The highest BCUT2D eigenvalue weighted by Gasteiger charge is 2.28. The third-order valence-electron chi connectivity index (χ3n) is 2.17. The zero-order chi connectivity index (χ0) is 8.27. The summed E-state index contributed by atoms with van der Waals surface area (Å²) >= 11 is 0. The first-order valence-electron chi connectivity index (χ1n) is 3.87. The maximum absolute atomic E-state index is 11.7. The molecule has 0 spiro atoms. The second-order valence-corrected chi connectivity index (χ2v) is 2.86. The highest BCUT2D eigenvalue weighted by atomic mass is 19.3. The number of halogens is 2. The summed E-state index contributed by atoms with van der Waals surface area (Å²) in [4.78, 5) is 0. The van der Waals surface area contributed by atoms with Crippen molar-refractivity contribution in [2.24, 2.45) is 11.7 Å². The molecule has 2 atom stereocenters. The van der Waals surface area contributed by atoms with E-state index < -0.39 is 6.61 Å². The Morgan fingerprint density at radius 1 is 1.45 bits per heavy atom. The molecule has 0 aromatic rings. The quantitative estimate of drug-likeness (QED) is 0.685. The Kier molecular flexibility index (Phi) is 3.20. The predicted molar refractivity (Wildman–Crippen MR) is 37.3 cm³/mol. The Hall–Kier alpha value is -0.220. The Morgan fingerprint density at radius 3 is 2.73 bits per heavy atom. The summed E-state index contributed by atoms with van der Waals surface area (Å²) in [5.41, 5.74) is 5.38. The molecule has 0 aromatic carbocycles. The average Bonchev–Trinajstić information content (AvgIpc) is 2.34. The Labute approximate surface area is 64.7 Å². The van der Waals surface area contributed by atoms with Gasteiger partial charge in [-0.1, -0.05) is 6.42 Å². The van der Waals surface area contributed by atoms with Gasteiger partial charge in [0, 0.05) is 0 Å². The molecule has 1 aliphatic rings. The molecule has 2 unspecified atom stereocenters. The number of alkyl halides is 2. The predicted octanol–water partition coefficient (Wildman–Crippen LogP) is 1.35. The molecular weight excluding hydrogens is 152 g/mol. The van der Waals surface area contributed by atoms with Crippen LogP contribution in [0.2, 0.25) is 0 Å². The lowest BCUT2D eigenvalue weighted by atomic mass is 10.1. The van der Waals surface area contributed by atoms with Gasteiger partial charge in [-0.3, -0.25) is 0 Å². The summed E-state index contributed by atoms with van der Waals surface area (Å²) in [5, 5.41) is 0. The van der Waals surface area contributed by atoms with E-state index in [2.05, 4.69) is 4.74 Å². The summed E-state index contributed by atoms with van der Waals surface area (Å²) in [6.45, 7) is -2.19. The van der Waals surface area contributed by atoms with Gasteiger partial charge in [-0.25, -0.2) is 0 Å². The SMILES string of the molecule is NCC1CCCC1OC(F)F. The van der Waals surface area contributed by atoms with Crippen molar-refractivity contribution in [3.8, 4) is 0 Å². The van der Waals surface area contributed by atoms with E-state index in [9.17, 15) is 8.78 Å². The number of ether oxygens (including phenoxy) is 1. The summed E-state index contributed by atoms with van der Waals surface area (Å²) in [6, 6.07) is 0. The minimum absolute atomic E-state index is 0.143. The number of hydrogen-bond donors (Lipinski definition) is 1. The van der Waals surface area contributed by atoms with Gasteiger partial charge in [-0.15, -0.1) is 0 Å². The van der Waals surface area contributed by atoms with E-state index >= 15 is 0 Å². The minimum atomic E-state index is -2.65. The van der Waals surface area contributed by atoms with E-state index in [1.807, 2.05) is 0 Å². The lowest BCUT2D eigenvalue weighted by molar-refractivity contribution is -0.170. The fraction of sp³-hybridized carbons (Fsp3) is 1.00. The van der Waals surface area contributed by atoms with Crippen molar-refractivity contribution in [1.29, 1.82) is 0 Å². The molecule has 0 heterocycles. The maximum Gasteiger partial charge on any atom is 0.345 e. The lowest BCUT2D eigenvalue weighted by Gasteiger charge is -2.17. The lowest BCUT2D eigenvalue weighted by Crippen LogP contribution is -2.26. The second-order valence-electron chi connectivity index (χ2n) is 2.86. The van der Waals surface area contributed by atoms with Crippen LogP contribution in [0, 0.1) is 5.92 Å². The highest BCUT2D eigenvalue weighted by molar-refractivity contribution is 4.78. The largest absolute Gasteiger partial charge is 0.345 e. The van der Waals surface area contributed by atoms with Gasteiger partial charge in [0.05, 0.1) is 6.10 Å². The standard InChI is InChI=1S/C7H13F2NO/c8-7(9)11-6-3-1-2-5(6)4-10/h5-7H,1-4,10H2.